The molecule has 0 fully saturated rings. The summed E-state index contributed by atoms with van der Waals surface area (Å²) in [5, 5.41) is 12.6. The molecule has 0 radical (unpaired) electrons. The molecule has 0 bridgehead atoms. The van der Waals surface area contributed by atoms with Crippen LogP contribution in [-0.4, -0.2) is 25.0 Å². The molecule has 0 saturated heterocycles. The number of hydrogen-bond acceptors (Lipinski definition) is 5. The molecule has 1 N–H and O–H groups in total. The summed E-state index contributed by atoms with van der Waals surface area (Å²) in [5.41, 5.74) is 3.63. The van der Waals surface area contributed by atoms with Crippen LogP contribution in [0.15, 0.2) is 57.8 Å². The maximum absolute atomic E-state index is 12.9. The van der Waals surface area contributed by atoms with Crippen molar-refractivity contribution in [3.63, 3.8) is 0 Å². The van der Waals surface area contributed by atoms with Crippen LogP contribution >= 0.6 is 11.8 Å². The zero-order valence-corrected chi connectivity index (χ0v) is 18.1. The molecule has 2 aromatic rings. The molecule has 0 saturated carbocycles. The van der Waals surface area contributed by atoms with Crippen LogP contribution in [0, 0.1) is 11.3 Å². The summed E-state index contributed by atoms with van der Waals surface area (Å²) >= 11 is 1.64. The highest BCUT2D eigenvalue weighted by Gasteiger charge is 2.27. The Balaban J connectivity index is 2.02. The van der Waals surface area contributed by atoms with E-state index in [0.29, 0.717) is 11.5 Å². The van der Waals surface area contributed by atoms with E-state index in [0.717, 1.165) is 26.5 Å². The molecule has 0 aromatic heterocycles. The second kappa shape index (κ2) is 9.64. The van der Waals surface area contributed by atoms with Crippen LogP contribution in [-0.2, 0) is 14.3 Å². The molecule has 6 heteroatoms. The van der Waals surface area contributed by atoms with Gasteiger partial charge >= 0.3 is 5.97 Å². The number of hydrogen-bond donors (Lipinski definition) is 1. The van der Waals surface area contributed by atoms with E-state index in [9.17, 15) is 14.9 Å². The fraction of sp³-hybridized carbons (Fsp3) is 0.292. The van der Waals surface area contributed by atoms with E-state index in [1.54, 1.807) is 18.7 Å². The standard InChI is InChI=1S/C24H24N2O3S/c1-4-22(27)29-12-11-26-24(28)19(14-25)23-17-7-5-6-8-20(17)30-21-10-9-16(15(2)3)13-18(21)23/h5-10,13,15H,4,11-12H2,1-3H3,(H,26,28)/b23-19+. The van der Waals surface area contributed by atoms with Gasteiger partial charge in [0.25, 0.3) is 5.91 Å². The van der Waals surface area contributed by atoms with Crippen LogP contribution in [0.3, 0.4) is 0 Å². The van der Waals surface area contributed by atoms with Gasteiger partial charge in [-0.25, -0.2) is 0 Å². The highest BCUT2D eigenvalue weighted by Crippen LogP contribution is 2.47. The Labute approximate surface area is 181 Å². The quantitative estimate of drug-likeness (QED) is 0.271. The summed E-state index contributed by atoms with van der Waals surface area (Å²) in [4.78, 5) is 26.2. The molecule has 2 aromatic carbocycles. The van der Waals surface area contributed by atoms with Crippen molar-refractivity contribution in [2.24, 2.45) is 0 Å². The van der Waals surface area contributed by atoms with E-state index in [2.05, 4.69) is 43.4 Å². The van der Waals surface area contributed by atoms with Gasteiger partial charge < -0.3 is 10.1 Å². The second-order valence-corrected chi connectivity index (χ2v) is 8.28. The van der Waals surface area contributed by atoms with Crippen molar-refractivity contribution >= 4 is 29.2 Å². The van der Waals surface area contributed by atoms with E-state index in [1.165, 1.54) is 0 Å². The monoisotopic (exact) mass is 420 g/mol. The van der Waals surface area contributed by atoms with Crippen LogP contribution in [0.5, 0.6) is 0 Å². The lowest BCUT2D eigenvalue weighted by Crippen LogP contribution is -2.29. The minimum absolute atomic E-state index is 0.0618. The number of nitrogens with one attached hydrogen (secondary N) is 1. The SMILES string of the molecule is CCC(=O)OCCNC(=O)/C(C#N)=C1\c2ccccc2Sc2ccc(C(C)C)cc21. The highest BCUT2D eigenvalue weighted by atomic mass is 32.2. The first kappa shape index (κ1) is 21.7. The summed E-state index contributed by atoms with van der Waals surface area (Å²) < 4.78 is 5.00. The van der Waals surface area contributed by atoms with Crippen molar-refractivity contribution in [1.29, 1.82) is 5.26 Å². The largest absolute Gasteiger partial charge is 0.464 e. The molecule has 0 atom stereocenters. The van der Waals surface area contributed by atoms with Gasteiger partial charge in [0.15, 0.2) is 0 Å². The molecule has 1 amide bonds. The van der Waals surface area contributed by atoms with Gasteiger partial charge in [-0.05, 0) is 40.8 Å². The van der Waals surface area contributed by atoms with E-state index < -0.39 is 5.91 Å². The van der Waals surface area contributed by atoms with Crippen molar-refractivity contribution in [3.05, 3.63) is 64.7 Å². The van der Waals surface area contributed by atoms with Gasteiger partial charge in [0.05, 0.1) is 6.54 Å². The van der Waals surface area contributed by atoms with Gasteiger partial charge in [-0.15, -0.1) is 0 Å². The molecule has 0 unspecified atom stereocenters. The van der Waals surface area contributed by atoms with Crippen LogP contribution in [0.1, 0.15) is 49.8 Å². The summed E-state index contributed by atoms with van der Waals surface area (Å²) in [5.74, 6) is -0.467. The van der Waals surface area contributed by atoms with Crippen molar-refractivity contribution in [2.75, 3.05) is 13.2 Å². The van der Waals surface area contributed by atoms with Crippen molar-refractivity contribution < 1.29 is 14.3 Å². The van der Waals surface area contributed by atoms with Crippen molar-refractivity contribution in [2.45, 2.75) is 42.9 Å². The predicted molar refractivity (Wildman–Crippen MR) is 117 cm³/mol. The Bertz CT molecular complexity index is 1050. The predicted octanol–water partition coefficient (Wildman–Crippen LogP) is 4.67. The van der Waals surface area contributed by atoms with Gasteiger partial charge in [0, 0.05) is 21.8 Å². The van der Waals surface area contributed by atoms with E-state index in [1.807, 2.05) is 24.3 Å². The van der Waals surface area contributed by atoms with Crippen LogP contribution in [0.4, 0.5) is 0 Å². The number of nitrogens with zero attached hydrogens (tertiary/aromatic N) is 1. The topological polar surface area (TPSA) is 79.2 Å². The first-order chi connectivity index (χ1) is 14.5. The number of fused-ring (bicyclic) bond motifs is 2. The van der Waals surface area contributed by atoms with Crippen LogP contribution < -0.4 is 5.32 Å². The number of ether oxygens (including phenoxy) is 1. The highest BCUT2D eigenvalue weighted by molar-refractivity contribution is 7.99. The number of benzene rings is 2. The molecule has 5 nitrogen and oxygen atoms in total. The lowest BCUT2D eigenvalue weighted by molar-refractivity contribution is -0.143. The van der Waals surface area contributed by atoms with E-state index >= 15 is 0 Å². The maximum Gasteiger partial charge on any atom is 0.305 e. The maximum atomic E-state index is 12.9. The third-order valence-corrected chi connectivity index (χ3v) is 6.00. The number of nitriles is 1. The normalized spacial score (nSPS) is 13.7. The van der Waals surface area contributed by atoms with Crippen molar-refractivity contribution in [3.8, 4) is 6.07 Å². The molecule has 0 spiro atoms. The second-order valence-electron chi connectivity index (χ2n) is 7.20. The number of carbonyl (C=O) groups is 2. The zero-order valence-electron chi connectivity index (χ0n) is 17.3. The zero-order chi connectivity index (χ0) is 21.7. The molecule has 30 heavy (non-hydrogen) atoms. The summed E-state index contributed by atoms with van der Waals surface area (Å²) in [7, 11) is 0. The molecular formula is C24H24N2O3S. The first-order valence-electron chi connectivity index (χ1n) is 9.96. The molecule has 0 aliphatic carbocycles. The van der Waals surface area contributed by atoms with Gasteiger partial charge in [-0.1, -0.05) is 56.8 Å². The molecule has 1 aliphatic rings. The number of esters is 1. The molecule has 3 rings (SSSR count). The van der Waals surface area contributed by atoms with Gasteiger partial charge in [0.1, 0.15) is 18.2 Å². The van der Waals surface area contributed by atoms with E-state index in [-0.39, 0.29) is 31.1 Å². The summed E-state index contributed by atoms with van der Waals surface area (Å²) in [6, 6.07) is 16.1. The Morgan fingerprint density at radius 3 is 2.57 bits per heavy atom. The summed E-state index contributed by atoms with van der Waals surface area (Å²) in [6.07, 6.45) is 0.283. The number of carbonyl (C=O) groups excluding carboxylic acids is 2. The molecule has 1 aliphatic heterocycles. The number of amides is 1. The van der Waals surface area contributed by atoms with Gasteiger partial charge in [-0.3, -0.25) is 9.59 Å². The minimum Gasteiger partial charge on any atom is -0.464 e. The fourth-order valence-electron chi connectivity index (χ4n) is 3.23. The molecule has 154 valence electrons. The van der Waals surface area contributed by atoms with Gasteiger partial charge in [0.2, 0.25) is 0 Å². The smallest absolute Gasteiger partial charge is 0.305 e. The number of rotatable bonds is 6. The average molecular weight is 421 g/mol. The Kier molecular flexibility index (Phi) is 6.96. The minimum atomic E-state index is -0.470. The molecular weight excluding hydrogens is 396 g/mol. The van der Waals surface area contributed by atoms with Crippen molar-refractivity contribution in [1.82, 2.24) is 5.32 Å². The average Bonchev–Trinajstić information content (AvgIpc) is 2.76. The summed E-state index contributed by atoms with van der Waals surface area (Å²) in [6.45, 7) is 6.17. The first-order valence-corrected chi connectivity index (χ1v) is 10.8. The lowest BCUT2D eigenvalue weighted by atomic mass is 9.89. The third-order valence-electron chi connectivity index (χ3n) is 4.84. The molecule has 1 heterocycles. The fourth-order valence-corrected chi connectivity index (χ4v) is 4.30. The van der Waals surface area contributed by atoms with Gasteiger partial charge in [-0.2, -0.15) is 5.26 Å². The Morgan fingerprint density at radius 2 is 1.87 bits per heavy atom. The van der Waals surface area contributed by atoms with Crippen LogP contribution in [0.25, 0.3) is 5.57 Å². The van der Waals surface area contributed by atoms with Crippen LogP contribution in [0.2, 0.25) is 0 Å². The lowest BCUT2D eigenvalue weighted by Gasteiger charge is -2.24. The third kappa shape index (κ3) is 4.58. The Morgan fingerprint density at radius 1 is 1.13 bits per heavy atom. The van der Waals surface area contributed by atoms with E-state index in [4.69, 9.17) is 4.74 Å². The Hall–Kier alpha value is -3.04.